The molecule has 7 heteroatoms. The van der Waals surface area contributed by atoms with E-state index in [4.69, 9.17) is 5.11 Å². The summed E-state index contributed by atoms with van der Waals surface area (Å²) in [5, 5.41) is 19.8. The van der Waals surface area contributed by atoms with Crippen LogP contribution in [0.1, 0.15) is 37.0 Å². The van der Waals surface area contributed by atoms with Gasteiger partial charge in [-0.3, -0.25) is 10.1 Å². The molecule has 2 rings (SSSR count). The second kappa shape index (κ2) is 4.49. The molecule has 1 aliphatic rings. The molecule has 0 saturated carbocycles. The van der Waals surface area contributed by atoms with E-state index < -0.39 is 16.6 Å². The first-order valence-electron chi connectivity index (χ1n) is 5.98. The summed E-state index contributed by atoms with van der Waals surface area (Å²) >= 11 is 0. The van der Waals surface area contributed by atoms with Crippen LogP contribution < -0.4 is 4.90 Å². The Bertz CT molecular complexity index is 542. The van der Waals surface area contributed by atoms with Crippen molar-refractivity contribution in [1.29, 1.82) is 0 Å². The van der Waals surface area contributed by atoms with Crippen LogP contribution in [0.25, 0.3) is 0 Å². The first-order valence-corrected chi connectivity index (χ1v) is 5.98. The predicted molar refractivity (Wildman–Crippen MR) is 68.5 cm³/mol. The lowest BCUT2D eigenvalue weighted by molar-refractivity contribution is -0.385. The van der Waals surface area contributed by atoms with Crippen molar-refractivity contribution in [2.75, 3.05) is 11.4 Å². The zero-order valence-electron chi connectivity index (χ0n) is 10.8. The summed E-state index contributed by atoms with van der Waals surface area (Å²) in [7, 11) is 0. The van der Waals surface area contributed by atoms with Crippen molar-refractivity contribution in [1.82, 2.24) is 4.98 Å². The molecule has 1 saturated heterocycles. The second-order valence-corrected chi connectivity index (χ2v) is 5.19. The Hall–Kier alpha value is -2.18. The van der Waals surface area contributed by atoms with E-state index in [1.165, 1.54) is 6.07 Å². The average Bonchev–Trinajstić information content (AvgIpc) is 2.68. The standard InChI is InChI=1S/C12H15N3O4/c1-12(2)4-3-5-14(12)10-6-8(11(16)17)9(7-13-10)15(18)19/h6-7H,3-5H2,1-2H3,(H,16,17). The summed E-state index contributed by atoms with van der Waals surface area (Å²) in [5.74, 6) is -0.835. The number of pyridine rings is 1. The summed E-state index contributed by atoms with van der Waals surface area (Å²) in [5.41, 5.74) is -0.912. The number of aromatic carboxylic acids is 1. The lowest BCUT2D eigenvalue weighted by atomic mass is 10.0. The predicted octanol–water partition coefficient (Wildman–Crippen LogP) is 2.07. The van der Waals surface area contributed by atoms with Crippen LogP contribution in [0.3, 0.4) is 0 Å². The van der Waals surface area contributed by atoms with E-state index in [0.29, 0.717) is 5.82 Å². The molecule has 0 spiro atoms. The van der Waals surface area contributed by atoms with Crippen LogP contribution in [0.4, 0.5) is 11.5 Å². The fourth-order valence-corrected chi connectivity index (χ4v) is 2.43. The number of anilines is 1. The lowest BCUT2D eigenvalue weighted by Gasteiger charge is -2.32. The first kappa shape index (κ1) is 13.3. The van der Waals surface area contributed by atoms with E-state index in [9.17, 15) is 14.9 Å². The van der Waals surface area contributed by atoms with Crippen molar-refractivity contribution in [3.05, 3.63) is 27.9 Å². The summed E-state index contributed by atoms with van der Waals surface area (Å²) in [6, 6.07) is 1.29. The molecular formula is C12H15N3O4. The maximum absolute atomic E-state index is 11.1. The molecule has 1 aromatic heterocycles. The molecule has 1 N–H and O–H groups in total. The van der Waals surface area contributed by atoms with E-state index in [-0.39, 0.29) is 11.1 Å². The molecule has 7 nitrogen and oxygen atoms in total. The zero-order chi connectivity index (χ0) is 14.2. The third-order valence-electron chi connectivity index (χ3n) is 3.47. The molecule has 2 heterocycles. The minimum Gasteiger partial charge on any atom is -0.477 e. The van der Waals surface area contributed by atoms with Gasteiger partial charge in [0.25, 0.3) is 0 Å². The number of carboxylic acids is 1. The molecule has 0 aromatic carbocycles. The Morgan fingerprint density at radius 3 is 2.74 bits per heavy atom. The lowest BCUT2D eigenvalue weighted by Crippen LogP contribution is -2.38. The Kier molecular flexibility index (Phi) is 3.13. The van der Waals surface area contributed by atoms with E-state index in [0.717, 1.165) is 25.6 Å². The Morgan fingerprint density at radius 2 is 2.26 bits per heavy atom. The van der Waals surface area contributed by atoms with Gasteiger partial charge in [0.2, 0.25) is 0 Å². The molecule has 0 amide bonds. The zero-order valence-corrected chi connectivity index (χ0v) is 10.8. The van der Waals surface area contributed by atoms with Gasteiger partial charge >= 0.3 is 11.7 Å². The molecule has 0 radical (unpaired) electrons. The molecule has 0 aliphatic carbocycles. The summed E-state index contributed by atoms with van der Waals surface area (Å²) in [6.45, 7) is 4.87. The highest BCUT2D eigenvalue weighted by atomic mass is 16.6. The molecule has 0 bridgehead atoms. The van der Waals surface area contributed by atoms with Gasteiger partial charge in [-0.15, -0.1) is 0 Å². The van der Waals surface area contributed by atoms with Gasteiger partial charge in [-0.1, -0.05) is 0 Å². The summed E-state index contributed by atoms with van der Waals surface area (Å²) in [4.78, 5) is 27.2. The normalized spacial score (nSPS) is 17.5. The van der Waals surface area contributed by atoms with Crippen molar-refractivity contribution in [3.8, 4) is 0 Å². The largest absolute Gasteiger partial charge is 0.477 e. The smallest absolute Gasteiger partial charge is 0.342 e. The second-order valence-electron chi connectivity index (χ2n) is 5.19. The van der Waals surface area contributed by atoms with Crippen molar-refractivity contribution in [2.45, 2.75) is 32.2 Å². The first-order chi connectivity index (χ1) is 8.83. The summed E-state index contributed by atoms with van der Waals surface area (Å²) in [6.07, 6.45) is 3.00. The van der Waals surface area contributed by atoms with Gasteiger partial charge < -0.3 is 10.0 Å². The molecule has 102 valence electrons. The van der Waals surface area contributed by atoms with Crippen LogP contribution in [-0.2, 0) is 0 Å². The summed E-state index contributed by atoms with van der Waals surface area (Å²) < 4.78 is 0. The molecule has 0 atom stereocenters. The van der Waals surface area contributed by atoms with Crippen molar-refractivity contribution in [3.63, 3.8) is 0 Å². The van der Waals surface area contributed by atoms with Crippen molar-refractivity contribution < 1.29 is 14.8 Å². The number of carboxylic acid groups (broad SMARTS) is 1. The minimum absolute atomic E-state index is 0.112. The van der Waals surface area contributed by atoms with E-state index in [1.54, 1.807) is 0 Å². The SMILES string of the molecule is CC1(C)CCCN1c1cc(C(=O)O)c([N+](=O)[O-])cn1. The third-order valence-corrected chi connectivity index (χ3v) is 3.47. The maximum atomic E-state index is 11.1. The fraction of sp³-hybridized carbons (Fsp3) is 0.500. The molecule has 1 aromatic rings. The van der Waals surface area contributed by atoms with Gasteiger partial charge in [0.15, 0.2) is 0 Å². The fourth-order valence-electron chi connectivity index (χ4n) is 2.43. The van der Waals surface area contributed by atoms with Gasteiger partial charge in [0.05, 0.1) is 4.92 Å². The van der Waals surface area contributed by atoms with Crippen LogP contribution in [0.15, 0.2) is 12.3 Å². The molecule has 19 heavy (non-hydrogen) atoms. The van der Waals surface area contributed by atoms with Crippen molar-refractivity contribution >= 4 is 17.5 Å². The monoisotopic (exact) mass is 265 g/mol. The molecule has 1 fully saturated rings. The minimum atomic E-state index is -1.31. The van der Waals surface area contributed by atoms with Crippen LogP contribution >= 0.6 is 0 Å². The van der Waals surface area contributed by atoms with Crippen LogP contribution in [0.2, 0.25) is 0 Å². The highest BCUT2D eigenvalue weighted by Gasteiger charge is 2.34. The quantitative estimate of drug-likeness (QED) is 0.663. The van der Waals surface area contributed by atoms with E-state index in [1.807, 2.05) is 18.7 Å². The van der Waals surface area contributed by atoms with Gasteiger partial charge in [-0.05, 0) is 26.7 Å². The van der Waals surface area contributed by atoms with Crippen LogP contribution in [0.5, 0.6) is 0 Å². The molecule has 0 unspecified atom stereocenters. The number of aromatic nitrogens is 1. The molecule has 1 aliphatic heterocycles. The van der Waals surface area contributed by atoms with Crippen LogP contribution in [-0.4, -0.2) is 33.1 Å². The number of carbonyl (C=O) groups is 1. The third kappa shape index (κ3) is 2.35. The topological polar surface area (TPSA) is 96.6 Å². The molecular weight excluding hydrogens is 250 g/mol. The highest BCUT2D eigenvalue weighted by Crippen LogP contribution is 2.33. The van der Waals surface area contributed by atoms with Crippen molar-refractivity contribution in [2.24, 2.45) is 0 Å². The number of nitro groups is 1. The number of hydrogen-bond acceptors (Lipinski definition) is 5. The van der Waals surface area contributed by atoms with Crippen LogP contribution in [0, 0.1) is 10.1 Å². The van der Waals surface area contributed by atoms with Gasteiger partial charge in [-0.2, -0.15) is 0 Å². The Morgan fingerprint density at radius 1 is 1.58 bits per heavy atom. The number of hydrogen-bond donors (Lipinski definition) is 1. The van der Waals surface area contributed by atoms with E-state index in [2.05, 4.69) is 4.98 Å². The van der Waals surface area contributed by atoms with E-state index >= 15 is 0 Å². The highest BCUT2D eigenvalue weighted by molar-refractivity contribution is 5.93. The number of nitrogens with zero attached hydrogens (tertiary/aromatic N) is 3. The van der Waals surface area contributed by atoms with Gasteiger partial charge in [-0.25, -0.2) is 9.78 Å². The Labute approximate surface area is 110 Å². The van der Waals surface area contributed by atoms with Gasteiger partial charge in [0.1, 0.15) is 17.6 Å². The average molecular weight is 265 g/mol. The maximum Gasteiger partial charge on any atom is 0.342 e. The Balaban J connectivity index is 2.47. The number of rotatable bonds is 3. The van der Waals surface area contributed by atoms with Gasteiger partial charge in [0, 0.05) is 18.2 Å².